The molecule has 2 aromatic carbocycles. The average Bonchev–Trinajstić information content (AvgIpc) is 2.55. The minimum Gasteiger partial charge on any atom is -1.00 e. The second kappa shape index (κ2) is 12.1. The van der Waals surface area contributed by atoms with Crippen molar-refractivity contribution in [2.75, 3.05) is 0 Å². The number of benzene rings is 1. The van der Waals surface area contributed by atoms with E-state index in [1.165, 1.54) is 21.9 Å². The van der Waals surface area contributed by atoms with Gasteiger partial charge in [0.25, 0.3) is 0 Å². The van der Waals surface area contributed by atoms with E-state index in [9.17, 15) is 0 Å². The Morgan fingerprint density at radius 3 is 2.10 bits per heavy atom. The van der Waals surface area contributed by atoms with Crippen LogP contribution in [0, 0.1) is 6.92 Å². The van der Waals surface area contributed by atoms with Gasteiger partial charge in [-0.2, -0.15) is 6.07 Å². The molecule has 110 valence electrons. The van der Waals surface area contributed by atoms with Crippen molar-refractivity contribution in [1.82, 2.24) is 0 Å². The third-order valence-corrected chi connectivity index (χ3v) is 2.55. The van der Waals surface area contributed by atoms with Gasteiger partial charge in [0, 0.05) is 0 Å². The van der Waals surface area contributed by atoms with Crippen LogP contribution in [0.1, 0.15) is 30.9 Å². The summed E-state index contributed by atoms with van der Waals surface area (Å²) in [4.78, 5) is 8.16. The van der Waals surface area contributed by atoms with Crippen molar-refractivity contribution < 1.29 is 55.8 Å². The van der Waals surface area contributed by atoms with E-state index in [4.69, 9.17) is 4.80 Å². The molecule has 2 radical (unpaired) electrons. The van der Waals surface area contributed by atoms with E-state index >= 15 is 0 Å². The fourth-order valence-corrected chi connectivity index (χ4v) is 1.91. The van der Waals surface area contributed by atoms with E-state index in [0.29, 0.717) is 5.92 Å². The summed E-state index contributed by atoms with van der Waals surface area (Å²) in [5.74, 6) is 0.616. The van der Waals surface area contributed by atoms with Gasteiger partial charge in [0.2, 0.25) is 0 Å². The first-order valence-corrected chi connectivity index (χ1v) is 8.51. The maximum Gasteiger partial charge on any atom is 3.00 e. The number of halogens is 2. The normalized spacial score (nSPS) is 9.20. The van der Waals surface area contributed by atoms with Gasteiger partial charge in [0.15, 0.2) is 9.04 Å². The topological polar surface area (TPSA) is 20.2 Å². The molecule has 1 nitrogen and oxygen atoms in total. The van der Waals surface area contributed by atoms with Crippen molar-refractivity contribution in [2.24, 2.45) is 0 Å². The maximum atomic E-state index is 8.16. The first-order chi connectivity index (χ1) is 7.91. The van der Waals surface area contributed by atoms with Crippen LogP contribution in [0.2, 0.25) is 13.1 Å². The SMILES string of the molecule is C[Si](C)O.Cc1cc2c(C(C)C)cccc2[cH-]1.[Cl-].[Cl-].[Zr+3]. The molecular weight excluding hydrogens is 386 g/mol. The molecule has 2 aromatic rings. The molecule has 0 fully saturated rings. The molecular formula is C15H22Cl2OSiZr. The zero-order chi connectivity index (χ0) is 13.0. The van der Waals surface area contributed by atoms with Crippen molar-refractivity contribution >= 4 is 19.8 Å². The van der Waals surface area contributed by atoms with Crippen LogP contribution in [0.25, 0.3) is 10.8 Å². The Morgan fingerprint density at radius 1 is 1.15 bits per heavy atom. The third kappa shape index (κ3) is 8.05. The number of fused-ring (bicyclic) bond motifs is 1. The van der Waals surface area contributed by atoms with Gasteiger partial charge in [-0.15, -0.1) is 34.5 Å². The summed E-state index contributed by atoms with van der Waals surface area (Å²) in [5.41, 5.74) is 2.83. The smallest absolute Gasteiger partial charge is 1.00 e. The zero-order valence-electron chi connectivity index (χ0n) is 12.7. The van der Waals surface area contributed by atoms with Gasteiger partial charge >= 0.3 is 26.2 Å². The largest absolute Gasteiger partial charge is 3.00 e. The first kappa shape index (κ1) is 25.4. The number of rotatable bonds is 1. The fourth-order valence-electron chi connectivity index (χ4n) is 1.91. The van der Waals surface area contributed by atoms with Gasteiger partial charge in [-0.25, -0.2) is 0 Å². The minimum absolute atomic E-state index is 0. The Labute approximate surface area is 156 Å². The first-order valence-electron chi connectivity index (χ1n) is 6.07. The van der Waals surface area contributed by atoms with Crippen molar-refractivity contribution in [3.05, 3.63) is 41.5 Å². The molecule has 0 unspecified atom stereocenters. The second-order valence-electron chi connectivity index (χ2n) is 4.98. The van der Waals surface area contributed by atoms with Gasteiger partial charge in [-0.3, -0.25) is 0 Å². The molecule has 0 amide bonds. The summed E-state index contributed by atoms with van der Waals surface area (Å²) in [6.45, 7) is 10.3. The van der Waals surface area contributed by atoms with Gasteiger partial charge < -0.3 is 29.6 Å². The standard InChI is InChI=1S/C13H15.C2H7OSi.2ClH.Zr/c1-9(2)12-6-4-5-11-7-10(3)8-13(11)12;1-4(2)3;;;/h4-9H,1-3H3;3H,1-2H3;2*1H;/q-1;;;;+3/p-2. The van der Waals surface area contributed by atoms with Crippen LogP contribution < -0.4 is 24.8 Å². The molecule has 0 aromatic heterocycles. The van der Waals surface area contributed by atoms with Gasteiger partial charge in [-0.1, -0.05) is 32.4 Å². The summed E-state index contributed by atoms with van der Waals surface area (Å²) >= 11 is 0. The van der Waals surface area contributed by atoms with Crippen LogP contribution in [0.3, 0.4) is 0 Å². The van der Waals surface area contributed by atoms with Crippen molar-refractivity contribution in [1.29, 1.82) is 0 Å². The molecule has 0 spiro atoms. The molecule has 1 N–H and O–H groups in total. The number of aryl methyl sites for hydroxylation is 1. The molecule has 0 atom stereocenters. The van der Waals surface area contributed by atoms with Gasteiger partial charge in [-0.05, 0) is 19.0 Å². The van der Waals surface area contributed by atoms with E-state index in [-0.39, 0.29) is 51.0 Å². The van der Waals surface area contributed by atoms with E-state index in [0.717, 1.165) is 0 Å². The maximum absolute atomic E-state index is 8.16. The molecule has 0 heterocycles. The number of hydrogen-bond donors (Lipinski definition) is 1. The van der Waals surface area contributed by atoms with Crippen LogP contribution in [0.4, 0.5) is 0 Å². The van der Waals surface area contributed by atoms with E-state index in [2.05, 4.69) is 51.1 Å². The van der Waals surface area contributed by atoms with Crippen LogP contribution in [0.5, 0.6) is 0 Å². The van der Waals surface area contributed by atoms with Gasteiger partial charge in [0.1, 0.15) is 0 Å². The van der Waals surface area contributed by atoms with Crippen LogP contribution in [-0.4, -0.2) is 13.8 Å². The summed E-state index contributed by atoms with van der Waals surface area (Å²) in [7, 11) is -0.880. The monoisotopic (exact) mass is 406 g/mol. The quantitative estimate of drug-likeness (QED) is 0.437. The predicted octanol–water partition coefficient (Wildman–Crippen LogP) is -1.77. The van der Waals surface area contributed by atoms with Crippen LogP contribution >= 0.6 is 0 Å². The van der Waals surface area contributed by atoms with E-state index < -0.39 is 9.04 Å². The molecule has 0 aliphatic carbocycles. The second-order valence-corrected chi connectivity index (χ2v) is 6.88. The predicted molar refractivity (Wildman–Crippen MR) is 78.1 cm³/mol. The zero-order valence-corrected chi connectivity index (χ0v) is 17.6. The van der Waals surface area contributed by atoms with Crippen LogP contribution in [0.15, 0.2) is 30.3 Å². The summed E-state index contributed by atoms with van der Waals surface area (Å²) in [5, 5.41) is 2.80. The molecule has 0 saturated carbocycles. The molecule has 2 rings (SSSR count). The Balaban J connectivity index is -0.000000372. The summed E-state index contributed by atoms with van der Waals surface area (Å²) in [6.07, 6.45) is 0. The Kier molecular flexibility index (Phi) is 15.3. The Bertz CT molecular complexity index is 481. The van der Waals surface area contributed by atoms with Crippen molar-refractivity contribution in [2.45, 2.75) is 39.8 Å². The molecule has 20 heavy (non-hydrogen) atoms. The van der Waals surface area contributed by atoms with E-state index in [1.54, 1.807) is 0 Å². The molecule has 5 heteroatoms. The Hall–Kier alpha value is 0.470. The Morgan fingerprint density at radius 2 is 1.65 bits per heavy atom. The van der Waals surface area contributed by atoms with Crippen LogP contribution in [-0.2, 0) is 26.2 Å². The minimum atomic E-state index is -0.880. The summed E-state index contributed by atoms with van der Waals surface area (Å²) < 4.78 is 0. The van der Waals surface area contributed by atoms with E-state index in [1.807, 2.05) is 13.1 Å². The average molecular weight is 409 g/mol. The molecule has 0 aliphatic rings. The summed E-state index contributed by atoms with van der Waals surface area (Å²) in [6, 6.07) is 11.1. The molecule has 0 saturated heterocycles. The molecule has 0 aliphatic heterocycles. The number of hydrogen-bond acceptors (Lipinski definition) is 1. The fraction of sp³-hybridized carbons (Fsp3) is 0.400. The van der Waals surface area contributed by atoms with Crippen molar-refractivity contribution in [3.8, 4) is 0 Å². The van der Waals surface area contributed by atoms with Crippen molar-refractivity contribution in [3.63, 3.8) is 0 Å². The molecule has 0 bridgehead atoms. The van der Waals surface area contributed by atoms with Gasteiger partial charge in [0.05, 0.1) is 0 Å². The third-order valence-electron chi connectivity index (χ3n) is 2.55.